The van der Waals surface area contributed by atoms with Crippen molar-refractivity contribution in [3.05, 3.63) is 58.2 Å². The molecule has 1 atom stereocenters. The monoisotopic (exact) mass is 381 g/mol. The van der Waals surface area contributed by atoms with E-state index in [-0.39, 0.29) is 11.9 Å². The van der Waals surface area contributed by atoms with Crippen LogP contribution in [0.3, 0.4) is 0 Å². The van der Waals surface area contributed by atoms with Crippen LogP contribution in [0.5, 0.6) is 0 Å². The van der Waals surface area contributed by atoms with Crippen LogP contribution in [0.25, 0.3) is 0 Å². The normalized spacial score (nSPS) is 17.2. The quantitative estimate of drug-likeness (QED) is 0.721. The number of hydrogen-bond donors (Lipinski definition) is 1. The summed E-state index contributed by atoms with van der Waals surface area (Å²) in [6.07, 6.45) is 2.17. The first-order valence-corrected chi connectivity index (χ1v) is 9.39. The highest BCUT2D eigenvalue weighted by atomic mass is 16.6. The van der Waals surface area contributed by atoms with Gasteiger partial charge in [0.15, 0.2) is 5.76 Å². The summed E-state index contributed by atoms with van der Waals surface area (Å²) in [6.45, 7) is 7.30. The van der Waals surface area contributed by atoms with Crippen LogP contribution in [0.2, 0.25) is 0 Å². The Labute approximate surface area is 162 Å². The van der Waals surface area contributed by atoms with Gasteiger partial charge in [0.2, 0.25) is 0 Å². The lowest BCUT2D eigenvalue weighted by molar-refractivity contribution is 0.102. The highest BCUT2D eigenvalue weighted by molar-refractivity contribution is 6.04. The highest BCUT2D eigenvalue weighted by Crippen LogP contribution is 2.33. The van der Waals surface area contributed by atoms with Gasteiger partial charge in [0, 0.05) is 12.1 Å². The van der Waals surface area contributed by atoms with Gasteiger partial charge >= 0.3 is 0 Å². The average Bonchev–Trinajstić information content (AvgIpc) is 3.39. The van der Waals surface area contributed by atoms with Crippen molar-refractivity contribution in [2.45, 2.75) is 46.2 Å². The van der Waals surface area contributed by atoms with Gasteiger partial charge in [0.05, 0.1) is 6.04 Å². The Hall–Kier alpha value is -3.00. The van der Waals surface area contributed by atoms with Crippen molar-refractivity contribution in [3.63, 3.8) is 0 Å². The van der Waals surface area contributed by atoms with E-state index in [9.17, 15) is 4.79 Å². The van der Waals surface area contributed by atoms with E-state index in [0.29, 0.717) is 22.7 Å². The highest BCUT2D eigenvalue weighted by Gasteiger charge is 2.30. The molecular weight excluding hydrogens is 358 g/mol. The van der Waals surface area contributed by atoms with Gasteiger partial charge in [-0.1, -0.05) is 27.6 Å². The molecule has 1 unspecified atom stereocenters. The standard InChI is InChI=1S/C20H23N5O3/c1-12-18(14(3)27-22-12)21-20(26)16-8-6-15(7-9-16)11-25-10-4-5-17(25)19-13(2)23-28-24-19/h6-9,17H,4-5,10-11H2,1-3H3,(H,21,26). The number of aryl methyl sites for hydroxylation is 3. The lowest BCUT2D eigenvalue weighted by Gasteiger charge is -2.23. The molecule has 3 aromatic rings. The maximum Gasteiger partial charge on any atom is 0.255 e. The summed E-state index contributed by atoms with van der Waals surface area (Å²) in [4.78, 5) is 14.9. The fraction of sp³-hybridized carbons (Fsp3) is 0.400. The lowest BCUT2D eigenvalue weighted by atomic mass is 10.1. The Bertz CT molecular complexity index is 957. The number of rotatable bonds is 5. The van der Waals surface area contributed by atoms with Crippen molar-refractivity contribution < 1.29 is 13.9 Å². The minimum Gasteiger partial charge on any atom is -0.359 e. The molecule has 8 heteroatoms. The summed E-state index contributed by atoms with van der Waals surface area (Å²) < 4.78 is 9.96. The van der Waals surface area contributed by atoms with E-state index in [4.69, 9.17) is 9.15 Å². The predicted octanol–water partition coefficient (Wildman–Crippen LogP) is 3.57. The lowest BCUT2D eigenvalue weighted by Crippen LogP contribution is -2.23. The van der Waals surface area contributed by atoms with E-state index in [1.807, 2.05) is 31.2 Å². The molecule has 0 radical (unpaired) electrons. The van der Waals surface area contributed by atoms with Gasteiger partial charge in [-0.05, 0) is 57.9 Å². The number of hydrogen-bond acceptors (Lipinski definition) is 7. The Kier molecular flexibility index (Phi) is 4.95. The third-order valence-electron chi connectivity index (χ3n) is 5.24. The summed E-state index contributed by atoms with van der Waals surface area (Å²) in [6, 6.07) is 7.90. The van der Waals surface area contributed by atoms with Crippen LogP contribution in [0.15, 0.2) is 33.4 Å². The van der Waals surface area contributed by atoms with Crippen LogP contribution >= 0.6 is 0 Å². The topological polar surface area (TPSA) is 97.3 Å². The van der Waals surface area contributed by atoms with E-state index in [1.54, 1.807) is 13.8 Å². The molecule has 1 saturated heterocycles. The van der Waals surface area contributed by atoms with Crippen molar-refractivity contribution in [1.82, 2.24) is 20.4 Å². The summed E-state index contributed by atoms with van der Waals surface area (Å²) in [5.74, 6) is 0.421. The Morgan fingerprint density at radius 2 is 1.93 bits per heavy atom. The molecule has 0 spiro atoms. The molecule has 1 aromatic carbocycles. The van der Waals surface area contributed by atoms with Gasteiger partial charge in [0.1, 0.15) is 22.8 Å². The molecule has 1 fully saturated rings. The molecule has 1 aliphatic rings. The van der Waals surface area contributed by atoms with Crippen LogP contribution < -0.4 is 5.32 Å². The second-order valence-electron chi connectivity index (χ2n) is 7.21. The number of benzene rings is 1. The van der Waals surface area contributed by atoms with Crippen LogP contribution in [-0.2, 0) is 6.54 Å². The van der Waals surface area contributed by atoms with Crippen molar-refractivity contribution in [3.8, 4) is 0 Å². The maximum atomic E-state index is 12.5. The number of anilines is 1. The van der Waals surface area contributed by atoms with Gasteiger partial charge in [-0.15, -0.1) is 0 Å². The van der Waals surface area contributed by atoms with Gasteiger partial charge in [-0.2, -0.15) is 0 Å². The number of carbonyl (C=O) groups excluding carboxylic acids is 1. The molecule has 0 saturated carbocycles. The molecule has 2 aromatic heterocycles. The van der Waals surface area contributed by atoms with Gasteiger partial charge < -0.3 is 9.84 Å². The molecule has 28 heavy (non-hydrogen) atoms. The number of amides is 1. The summed E-state index contributed by atoms with van der Waals surface area (Å²) in [5, 5.41) is 14.7. The number of likely N-dealkylation sites (tertiary alicyclic amines) is 1. The molecule has 0 bridgehead atoms. The van der Waals surface area contributed by atoms with E-state index >= 15 is 0 Å². The maximum absolute atomic E-state index is 12.5. The Morgan fingerprint density at radius 3 is 2.57 bits per heavy atom. The second-order valence-corrected chi connectivity index (χ2v) is 7.21. The first-order valence-electron chi connectivity index (χ1n) is 9.39. The van der Waals surface area contributed by atoms with Crippen molar-refractivity contribution in [1.29, 1.82) is 0 Å². The largest absolute Gasteiger partial charge is 0.359 e. The first kappa shape index (κ1) is 18.4. The summed E-state index contributed by atoms with van der Waals surface area (Å²) >= 11 is 0. The number of aromatic nitrogens is 3. The summed E-state index contributed by atoms with van der Waals surface area (Å²) in [7, 11) is 0. The SMILES string of the molecule is Cc1nonc1C1CCCN1Cc1ccc(C(=O)Nc2c(C)noc2C)cc1. The number of nitrogens with one attached hydrogen (secondary N) is 1. The number of nitrogens with zero attached hydrogens (tertiary/aromatic N) is 4. The minimum atomic E-state index is -0.177. The zero-order chi connectivity index (χ0) is 19.7. The summed E-state index contributed by atoms with van der Waals surface area (Å²) in [5.41, 5.74) is 4.81. The first-order chi connectivity index (χ1) is 13.5. The van der Waals surface area contributed by atoms with Crippen LogP contribution in [0.4, 0.5) is 5.69 Å². The molecule has 8 nitrogen and oxygen atoms in total. The zero-order valence-electron chi connectivity index (χ0n) is 16.2. The van der Waals surface area contributed by atoms with Crippen LogP contribution in [-0.4, -0.2) is 32.8 Å². The third kappa shape index (κ3) is 3.55. The number of carbonyl (C=O) groups is 1. The molecule has 0 aliphatic carbocycles. The molecule has 1 N–H and O–H groups in total. The van der Waals surface area contributed by atoms with Crippen LogP contribution in [0.1, 0.15) is 57.6 Å². The Balaban J connectivity index is 1.43. The van der Waals surface area contributed by atoms with Gasteiger partial charge in [-0.3, -0.25) is 9.69 Å². The molecule has 1 aliphatic heterocycles. The Morgan fingerprint density at radius 1 is 1.14 bits per heavy atom. The predicted molar refractivity (Wildman–Crippen MR) is 102 cm³/mol. The van der Waals surface area contributed by atoms with E-state index in [0.717, 1.165) is 42.9 Å². The fourth-order valence-corrected chi connectivity index (χ4v) is 3.71. The van der Waals surface area contributed by atoms with Gasteiger partial charge in [0.25, 0.3) is 5.91 Å². The van der Waals surface area contributed by atoms with Crippen LogP contribution in [0, 0.1) is 20.8 Å². The fourth-order valence-electron chi connectivity index (χ4n) is 3.71. The molecule has 146 valence electrons. The zero-order valence-corrected chi connectivity index (χ0v) is 16.2. The smallest absolute Gasteiger partial charge is 0.255 e. The molecular formula is C20H23N5O3. The second kappa shape index (κ2) is 7.55. The van der Waals surface area contributed by atoms with Gasteiger partial charge in [-0.25, -0.2) is 4.63 Å². The molecule has 3 heterocycles. The molecule has 4 rings (SSSR count). The van der Waals surface area contributed by atoms with Crippen molar-refractivity contribution >= 4 is 11.6 Å². The third-order valence-corrected chi connectivity index (χ3v) is 5.24. The van der Waals surface area contributed by atoms with E-state index in [1.165, 1.54) is 0 Å². The van der Waals surface area contributed by atoms with E-state index in [2.05, 4.69) is 25.7 Å². The van der Waals surface area contributed by atoms with E-state index < -0.39 is 0 Å². The minimum absolute atomic E-state index is 0.177. The van der Waals surface area contributed by atoms with Crippen molar-refractivity contribution in [2.24, 2.45) is 0 Å². The molecule has 1 amide bonds. The average molecular weight is 381 g/mol. The van der Waals surface area contributed by atoms with Crippen molar-refractivity contribution in [2.75, 3.05) is 11.9 Å².